The van der Waals surface area contributed by atoms with Crippen LogP contribution in [0.3, 0.4) is 0 Å². The Morgan fingerprint density at radius 1 is 1.15 bits per heavy atom. The van der Waals surface area contributed by atoms with Gasteiger partial charge >= 0.3 is 0 Å². The number of carbonyl (C=O) groups excluding carboxylic acids is 1. The number of carbonyl (C=O) groups is 1. The van der Waals surface area contributed by atoms with E-state index in [0.717, 1.165) is 12.8 Å². The minimum absolute atomic E-state index is 0.0475. The summed E-state index contributed by atoms with van der Waals surface area (Å²) in [6, 6.07) is 6.95. The predicted molar refractivity (Wildman–Crippen MR) is 77.9 cm³/mol. The molecule has 1 aliphatic carbocycles. The van der Waals surface area contributed by atoms with Crippen LogP contribution in [-0.4, -0.2) is 23.7 Å². The quantitative estimate of drug-likeness (QED) is 0.889. The van der Waals surface area contributed by atoms with E-state index in [1.165, 1.54) is 32.1 Å². The van der Waals surface area contributed by atoms with Crippen molar-refractivity contribution in [3.8, 4) is 11.5 Å². The fourth-order valence-electron chi connectivity index (χ4n) is 2.59. The second-order valence-electron chi connectivity index (χ2n) is 5.37. The Labute approximate surface area is 120 Å². The van der Waals surface area contributed by atoms with Crippen molar-refractivity contribution in [1.82, 2.24) is 5.32 Å². The van der Waals surface area contributed by atoms with Crippen molar-refractivity contribution < 1.29 is 14.6 Å². The average Bonchev–Trinajstić information content (AvgIpc) is 2.41. The average molecular weight is 277 g/mol. The van der Waals surface area contributed by atoms with Crippen LogP contribution in [-0.2, 0) is 4.79 Å². The second-order valence-corrected chi connectivity index (χ2v) is 5.37. The SMILES string of the molecule is O=C(COc1ccccc1O)NC1CCCCCCC1. The fraction of sp³-hybridized carbons (Fsp3) is 0.562. The zero-order chi connectivity index (χ0) is 14.2. The van der Waals surface area contributed by atoms with Gasteiger partial charge in [-0.3, -0.25) is 4.79 Å². The number of phenols is 1. The van der Waals surface area contributed by atoms with E-state index in [1.54, 1.807) is 24.3 Å². The summed E-state index contributed by atoms with van der Waals surface area (Å²) in [4.78, 5) is 11.9. The molecule has 0 aromatic heterocycles. The third-order valence-electron chi connectivity index (χ3n) is 3.69. The van der Waals surface area contributed by atoms with Crippen molar-refractivity contribution in [1.29, 1.82) is 0 Å². The van der Waals surface area contributed by atoms with E-state index in [-0.39, 0.29) is 24.3 Å². The van der Waals surface area contributed by atoms with E-state index in [1.807, 2.05) is 0 Å². The van der Waals surface area contributed by atoms with Gasteiger partial charge in [0.2, 0.25) is 0 Å². The summed E-state index contributed by atoms with van der Waals surface area (Å²) in [7, 11) is 0. The first kappa shape index (κ1) is 14.7. The maximum atomic E-state index is 11.9. The van der Waals surface area contributed by atoms with Gasteiger partial charge in [0.05, 0.1) is 0 Å². The Morgan fingerprint density at radius 2 is 1.80 bits per heavy atom. The van der Waals surface area contributed by atoms with Crippen LogP contribution in [0.5, 0.6) is 11.5 Å². The molecule has 0 aliphatic heterocycles. The number of ether oxygens (including phenoxy) is 1. The van der Waals surface area contributed by atoms with Crippen molar-refractivity contribution in [2.75, 3.05) is 6.61 Å². The molecule has 0 spiro atoms. The highest BCUT2D eigenvalue weighted by Crippen LogP contribution is 2.24. The summed E-state index contributed by atoms with van der Waals surface area (Å²) >= 11 is 0. The van der Waals surface area contributed by atoms with Crippen LogP contribution >= 0.6 is 0 Å². The molecule has 0 atom stereocenters. The van der Waals surface area contributed by atoms with E-state index in [2.05, 4.69) is 5.32 Å². The highest BCUT2D eigenvalue weighted by atomic mass is 16.5. The third kappa shape index (κ3) is 4.76. The standard InChI is InChI=1S/C16H23NO3/c18-14-10-6-7-11-15(14)20-12-16(19)17-13-8-4-2-1-3-5-9-13/h6-7,10-11,13,18H,1-5,8-9,12H2,(H,17,19). The second kappa shape index (κ2) is 7.78. The maximum Gasteiger partial charge on any atom is 0.258 e. The Hall–Kier alpha value is -1.71. The zero-order valence-corrected chi connectivity index (χ0v) is 11.8. The van der Waals surface area contributed by atoms with Crippen LogP contribution in [0.25, 0.3) is 0 Å². The Balaban J connectivity index is 1.75. The van der Waals surface area contributed by atoms with Gasteiger partial charge in [-0.05, 0) is 25.0 Å². The van der Waals surface area contributed by atoms with E-state index in [4.69, 9.17) is 4.74 Å². The molecule has 0 radical (unpaired) electrons. The molecule has 0 heterocycles. The molecular formula is C16H23NO3. The number of amides is 1. The van der Waals surface area contributed by atoms with Crippen LogP contribution in [0.1, 0.15) is 44.9 Å². The van der Waals surface area contributed by atoms with Gasteiger partial charge < -0.3 is 15.2 Å². The number of hydrogen-bond acceptors (Lipinski definition) is 3. The highest BCUT2D eigenvalue weighted by Gasteiger charge is 2.14. The van der Waals surface area contributed by atoms with Crippen LogP contribution in [0.4, 0.5) is 0 Å². The van der Waals surface area contributed by atoms with Gasteiger partial charge in [0, 0.05) is 6.04 Å². The lowest BCUT2D eigenvalue weighted by molar-refractivity contribution is -0.123. The lowest BCUT2D eigenvalue weighted by Crippen LogP contribution is -2.38. The Kier molecular flexibility index (Phi) is 5.71. The summed E-state index contributed by atoms with van der Waals surface area (Å²) in [6.45, 7) is -0.0475. The van der Waals surface area contributed by atoms with Gasteiger partial charge in [-0.2, -0.15) is 0 Å². The molecule has 4 nitrogen and oxygen atoms in total. The molecule has 2 rings (SSSR count). The largest absolute Gasteiger partial charge is 0.504 e. The molecule has 110 valence electrons. The van der Waals surface area contributed by atoms with Crippen molar-refractivity contribution in [3.05, 3.63) is 24.3 Å². The molecule has 20 heavy (non-hydrogen) atoms. The molecule has 1 aromatic carbocycles. The lowest BCUT2D eigenvalue weighted by Gasteiger charge is -2.21. The number of aromatic hydroxyl groups is 1. The molecule has 1 aromatic rings. The van der Waals surface area contributed by atoms with Crippen molar-refractivity contribution in [2.24, 2.45) is 0 Å². The van der Waals surface area contributed by atoms with Gasteiger partial charge in [0.1, 0.15) is 0 Å². The van der Waals surface area contributed by atoms with Gasteiger partial charge in [-0.1, -0.05) is 44.2 Å². The molecule has 1 saturated carbocycles. The van der Waals surface area contributed by atoms with E-state index in [9.17, 15) is 9.90 Å². The lowest BCUT2D eigenvalue weighted by atomic mass is 9.97. The number of hydrogen-bond donors (Lipinski definition) is 2. The maximum absolute atomic E-state index is 11.9. The monoisotopic (exact) mass is 277 g/mol. The van der Waals surface area contributed by atoms with E-state index in [0.29, 0.717) is 5.75 Å². The highest BCUT2D eigenvalue weighted by molar-refractivity contribution is 5.77. The molecule has 0 bridgehead atoms. The predicted octanol–water partition coefficient (Wildman–Crippen LogP) is 3.00. The number of benzene rings is 1. The van der Waals surface area contributed by atoms with Gasteiger partial charge in [0.15, 0.2) is 18.1 Å². The van der Waals surface area contributed by atoms with Crippen LogP contribution in [0.2, 0.25) is 0 Å². The Morgan fingerprint density at radius 3 is 2.50 bits per heavy atom. The van der Waals surface area contributed by atoms with Crippen molar-refractivity contribution in [3.63, 3.8) is 0 Å². The fourth-order valence-corrected chi connectivity index (χ4v) is 2.59. The summed E-state index contributed by atoms with van der Waals surface area (Å²) in [5, 5.41) is 12.6. The van der Waals surface area contributed by atoms with Crippen LogP contribution in [0.15, 0.2) is 24.3 Å². The van der Waals surface area contributed by atoms with E-state index >= 15 is 0 Å². The summed E-state index contributed by atoms with van der Waals surface area (Å²) in [5.41, 5.74) is 0. The molecule has 1 fully saturated rings. The minimum atomic E-state index is -0.112. The van der Waals surface area contributed by atoms with Gasteiger partial charge in [-0.15, -0.1) is 0 Å². The summed E-state index contributed by atoms with van der Waals surface area (Å²) < 4.78 is 5.33. The summed E-state index contributed by atoms with van der Waals surface area (Å²) in [5.74, 6) is 0.297. The third-order valence-corrected chi connectivity index (χ3v) is 3.69. The molecular weight excluding hydrogens is 254 g/mol. The first-order chi connectivity index (χ1) is 9.75. The summed E-state index contributed by atoms with van der Waals surface area (Å²) in [6.07, 6.45) is 8.33. The number of para-hydroxylation sites is 2. The van der Waals surface area contributed by atoms with E-state index < -0.39 is 0 Å². The normalized spacial score (nSPS) is 17.0. The van der Waals surface area contributed by atoms with Gasteiger partial charge in [0.25, 0.3) is 5.91 Å². The molecule has 4 heteroatoms. The van der Waals surface area contributed by atoms with Crippen LogP contribution < -0.4 is 10.1 Å². The molecule has 0 unspecified atom stereocenters. The first-order valence-electron chi connectivity index (χ1n) is 7.46. The smallest absolute Gasteiger partial charge is 0.258 e. The van der Waals surface area contributed by atoms with Crippen molar-refractivity contribution in [2.45, 2.75) is 51.0 Å². The molecule has 0 saturated heterocycles. The minimum Gasteiger partial charge on any atom is -0.504 e. The number of rotatable bonds is 4. The number of nitrogens with one attached hydrogen (secondary N) is 1. The van der Waals surface area contributed by atoms with Crippen LogP contribution in [0, 0.1) is 0 Å². The molecule has 1 amide bonds. The molecule has 2 N–H and O–H groups in total. The number of phenolic OH excluding ortho intramolecular Hbond substituents is 1. The topological polar surface area (TPSA) is 58.6 Å². The van der Waals surface area contributed by atoms with Crippen molar-refractivity contribution >= 4 is 5.91 Å². The Bertz CT molecular complexity index is 425. The van der Waals surface area contributed by atoms with Gasteiger partial charge in [-0.25, -0.2) is 0 Å². The first-order valence-corrected chi connectivity index (χ1v) is 7.46. The zero-order valence-electron chi connectivity index (χ0n) is 11.8. The molecule has 1 aliphatic rings.